The lowest BCUT2D eigenvalue weighted by molar-refractivity contribution is -0.143. The minimum atomic E-state index is -0.180. The molecule has 0 saturated carbocycles. The highest BCUT2D eigenvalue weighted by Gasteiger charge is 2.29. The van der Waals surface area contributed by atoms with Crippen LogP contribution in [0.5, 0.6) is 0 Å². The molecular weight excluding hydrogens is 150 g/mol. The molecule has 0 N–H and O–H groups in total. The van der Waals surface area contributed by atoms with Crippen molar-refractivity contribution in [1.29, 1.82) is 0 Å². The van der Waals surface area contributed by atoms with Gasteiger partial charge in [0.1, 0.15) is 0 Å². The Hall–Kier alpha value is -0.530. The van der Waals surface area contributed by atoms with Crippen molar-refractivity contribution in [3.63, 3.8) is 0 Å². The van der Waals surface area contributed by atoms with Crippen molar-refractivity contribution >= 4 is 5.91 Å². The molecule has 0 aromatic heterocycles. The van der Waals surface area contributed by atoms with Crippen molar-refractivity contribution < 1.29 is 4.79 Å². The SMILES string of the molecule is CC.CC(C)(C)C(=O)N1CCC1. The number of carbonyl (C=O) groups is 1. The first-order chi connectivity index (χ1) is 5.52. The quantitative estimate of drug-likeness (QED) is 0.547. The van der Waals surface area contributed by atoms with E-state index >= 15 is 0 Å². The number of carbonyl (C=O) groups excluding carboxylic acids is 1. The molecule has 1 aliphatic rings. The second-order valence-electron chi connectivity index (χ2n) is 3.90. The van der Waals surface area contributed by atoms with Crippen LogP contribution in [0.2, 0.25) is 0 Å². The van der Waals surface area contributed by atoms with Gasteiger partial charge in [-0.25, -0.2) is 0 Å². The smallest absolute Gasteiger partial charge is 0.227 e. The lowest BCUT2D eigenvalue weighted by Gasteiger charge is -2.35. The van der Waals surface area contributed by atoms with Gasteiger partial charge in [-0.3, -0.25) is 4.79 Å². The van der Waals surface area contributed by atoms with Crippen LogP contribution in [0.15, 0.2) is 0 Å². The van der Waals surface area contributed by atoms with Crippen molar-refractivity contribution in [2.75, 3.05) is 13.1 Å². The van der Waals surface area contributed by atoms with Crippen LogP contribution in [0, 0.1) is 5.41 Å². The number of hydrogen-bond donors (Lipinski definition) is 0. The third-order valence-corrected chi connectivity index (χ3v) is 1.78. The molecule has 72 valence electrons. The molecule has 0 bridgehead atoms. The summed E-state index contributed by atoms with van der Waals surface area (Å²) in [6.07, 6.45) is 1.18. The van der Waals surface area contributed by atoms with Crippen LogP contribution in [0.25, 0.3) is 0 Å². The van der Waals surface area contributed by atoms with Gasteiger partial charge in [-0.05, 0) is 6.42 Å². The second kappa shape index (κ2) is 4.48. The Bertz CT molecular complexity index is 142. The van der Waals surface area contributed by atoms with E-state index in [1.165, 1.54) is 6.42 Å². The molecule has 0 aromatic carbocycles. The molecule has 0 aromatic rings. The minimum Gasteiger partial charge on any atom is -0.342 e. The van der Waals surface area contributed by atoms with E-state index in [-0.39, 0.29) is 5.41 Å². The van der Waals surface area contributed by atoms with E-state index < -0.39 is 0 Å². The molecule has 12 heavy (non-hydrogen) atoms. The third-order valence-electron chi connectivity index (χ3n) is 1.78. The van der Waals surface area contributed by atoms with Crippen LogP contribution < -0.4 is 0 Å². The Morgan fingerprint density at radius 2 is 1.58 bits per heavy atom. The number of nitrogens with zero attached hydrogens (tertiary/aromatic N) is 1. The fourth-order valence-corrected chi connectivity index (χ4v) is 0.994. The fourth-order valence-electron chi connectivity index (χ4n) is 0.994. The van der Waals surface area contributed by atoms with E-state index in [0.29, 0.717) is 5.91 Å². The number of rotatable bonds is 0. The van der Waals surface area contributed by atoms with Gasteiger partial charge in [0.15, 0.2) is 0 Å². The molecule has 1 heterocycles. The molecule has 1 rings (SSSR count). The summed E-state index contributed by atoms with van der Waals surface area (Å²) in [5, 5.41) is 0. The second-order valence-corrected chi connectivity index (χ2v) is 3.90. The molecule has 1 fully saturated rings. The lowest BCUT2D eigenvalue weighted by atomic mass is 9.93. The van der Waals surface area contributed by atoms with Crippen molar-refractivity contribution in [3.05, 3.63) is 0 Å². The van der Waals surface area contributed by atoms with Crippen LogP contribution in [0.4, 0.5) is 0 Å². The van der Waals surface area contributed by atoms with Gasteiger partial charge in [-0.15, -0.1) is 0 Å². The van der Waals surface area contributed by atoms with Gasteiger partial charge in [0, 0.05) is 18.5 Å². The largest absolute Gasteiger partial charge is 0.342 e. The summed E-state index contributed by atoms with van der Waals surface area (Å²) in [6, 6.07) is 0. The normalized spacial score (nSPS) is 15.9. The van der Waals surface area contributed by atoms with Crippen molar-refractivity contribution in [2.45, 2.75) is 41.0 Å². The molecule has 1 saturated heterocycles. The molecule has 0 unspecified atom stereocenters. The van der Waals surface area contributed by atoms with Crippen molar-refractivity contribution in [1.82, 2.24) is 4.90 Å². The Kier molecular flexibility index (Phi) is 4.29. The van der Waals surface area contributed by atoms with Crippen molar-refractivity contribution in [2.24, 2.45) is 5.41 Å². The zero-order valence-corrected chi connectivity index (χ0v) is 8.98. The molecule has 0 aliphatic carbocycles. The highest BCUT2D eigenvalue weighted by molar-refractivity contribution is 5.82. The van der Waals surface area contributed by atoms with E-state index in [9.17, 15) is 4.79 Å². The maximum Gasteiger partial charge on any atom is 0.227 e. The van der Waals surface area contributed by atoms with Gasteiger partial charge >= 0.3 is 0 Å². The predicted molar refractivity (Wildman–Crippen MR) is 52.0 cm³/mol. The Morgan fingerprint density at radius 1 is 1.17 bits per heavy atom. The van der Waals surface area contributed by atoms with Crippen LogP contribution in [0.3, 0.4) is 0 Å². The zero-order valence-electron chi connectivity index (χ0n) is 8.98. The molecule has 1 aliphatic heterocycles. The van der Waals surface area contributed by atoms with Gasteiger partial charge in [-0.1, -0.05) is 34.6 Å². The van der Waals surface area contributed by atoms with Crippen molar-refractivity contribution in [3.8, 4) is 0 Å². The monoisotopic (exact) mass is 171 g/mol. The first-order valence-corrected chi connectivity index (χ1v) is 4.81. The summed E-state index contributed by atoms with van der Waals surface area (Å²) in [5.74, 6) is 0.291. The average molecular weight is 171 g/mol. The molecular formula is C10H21NO. The zero-order chi connectivity index (χ0) is 9.78. The topological polar surface area (TPSA) is 20.3 Å². The molecule has 0 radical (unpaired) electrons. The van der Waals surface area contributed by atoms with Gasteiger partial charge < -0.3 is 4.90 Å². The summed E-state index contributed by atoms with van der Waals surface area (Å²) in [6.45, 7) is 11.8. The molecule has 1 amide bonds. The van der Waals surface area contributed by atoms with Gasteiger partial charge in [0.05, 0.1) is 0 Å². The summed E-state index contributed by atoms with van der Waals surface area (Å²) in [5.41, 5.74) is -0.180. The predicted octanol–water partition coefficient (Wildman–Crippen LogP) is 2.29. The Balaban J connectivity index is 0.000000561. The molecule has 2 nitrogen and oxygen atoms in total. The number of amides is 1. The Morgan fingerprint density at radius 3 is 1.67 bits per heavy atom. The minimum absolute atomic E-state index is 0.180. The van der Waals surface area contributed by atoms with Gasteiger partial charge in [0.2, 0.25) is 5.91 Å². The maximum absolute atomic E-state index is 11.4. The summed E-state index contributed by atoms with van der Waals surface area (Å²) in [7, 11) is 0. The van der Waals surface area contributed by atoms with Crippen LogP contribution in [-0.4, -0.2) is 23.9 Å². The summed E-state index contributed by atoms with van der Waals surface area (Å²) < 4.78 is 0. The summed E-state index contributed by atoms with van der Waals surface area (Å²) >= 11 is 0. The van der Waals surface area contributed by atoms with Crippen LogP contribution in [0.1, 0.15) is 41.0 Å². The van der Waals surface area contributed by atoms with Crippen LogP contribution >= 0.6 is 0 Å². The first-order valence-electron chi connectivity index (χ1n) is 4.81. The summed E-state index contributed by atoms with van der Waals surface area (Å²) in [4.78, 5) is 13.3. The molecule has 0 atom stereocenters. The van der Waals surface area contributed by atoms with E-state index in [1.54, 1.807) is 0 Å². The maximum atomic E-state index is 11.4. The fraction of sp³-hybridized carbons (Fsp3) is 0.900. The van der Waals surface area contributed by atoms with E-state index in [2.05, 4.69) is 0 Å². The van der Waals surface area contributed by atoms with E-state index in [0.717, 1.165) is 13.1 Å². The molecule has 2 heteroatoms. The highest BCUT2D eigenvalue weighted by Crippen LogP contribution is 2.20. The average Bonchev–Trinajstić information content (AvgIpc) is 1.86. The number of likely N-dealkylation sites (tertiary alicyclic amines) is 1. The van der Waals surface area contributed by atoms with E-state index in [1.807, 2.05) is 39.5 Å². The van der Waals surface area contributed by atoms with Gasteiger partial charge in [0.25, 0.3) is 0 Å². The number of hydrogen-bond acceptors (Lipinski definition) is 1. The highest BCUT2D eigenvalue weighted by atomic mass is 16.2. The van der Waals surface area contributed by atoms with Gasteiger partial charge in [-0.2, -0.15) is 0 Å². The lowest BCUT2D eigenvalue weighted by Crippen LogP contribution is -2.47. The Labute approximate surface area is 75.9 Å². The third kappa shape index (κ3) is 2.84. The molecule has 0 spiro atoms. The standard InChI is InChI=1S/C8H15NO.C2H6/c1-8(2,3)7(10)9-5-4-6-9;1-2/h4-6H2,1-3H3;1-2H3. The first kappa shape index (κ1) is 11.5. The van der Waals surface area contributed by atoms with Crippen LogP contribution in [-0.2, 0) is 4.79 Å². The van der Waals surface area contributed by atoms with E-state index in [4.69, 9.17) is 0 Å².